The number of carboxylic acid groups (broad SMARTS) is 1. The molecule has 0 saturated heterocycles. The van der Waals surface area contributed by atoms with E-state index in [4.69, 9.17) is 0 Å². The van der Waals surface area contributed by atoms with Gasteiger partial charge in [0.05, 0.1) is 17.5 Å². The Labute approximate surface area is 157 Å². The Morgan fingerprint density at radius 1 is 0.852 bits per heavy atom. The van der Waals surface area contributed by atoms with E-state index >= 15 is 0 Å². The highest BCUT2D eigenvalue weighted by Crippen LogP contribution is 2.52. The van der Waals surface area contributed by atoms with Crippen molar-refractivity contribution in [2.75, 3.05) is 5.32 Å². The summed E-state index contributed by atoms with van der Waals surface area (Å²) in [7, 11) is 0. The number of hydrogen-bond acceptors (Lipinski definition) is 3. The van der Waals surface area contributed by atoms with Crippen LogP contribution in [0.15, 0.2) is 54.6 Å². The molecule has 2 aliphatic carbocycles. The number of nitrogens with one attached hydrogen (secondary N) is 1. The van der Waals surface area contributed by atoms with E-state index in [0.717, 1.165) is 19.3 Å². The molecule has 0 unspecified atom stereocenters. The lowest BCUT2D eigenvalue weighted by Gasteiger charge is -2.27. The lowest BCUT2D eigenvalue weighted by Crippen LogP contribution is -2.38. The molecule has 0 radical (unpaired) electrons. The van der Waals surface area contributed by atoms with Gasteiger partial charge < -0.3 is 10.4 Å². The largest absolute Gasteiger partial charge is 0.481 e. The maximum Gasteiger partial charge on any atom is 0.307 e. The highest BCUT2D eigenvalue weighted by molar-refractivity contribution is 6.14. The van der Waals surface area contributed by atoms with E-state index in [2.05, 4.69) is 5.32 Å². The Kier molecular flexibility index (Phi) is 4.52. The number of para-hydroxylation sites is 1. The normalized spacial score (nSPS) is 25.9. The zero-order valence-electron chi connectivity index (χ0n) is 14.8. The van der Waals surface area contributed by atoms with Crippen LogP contribution in [0.25, 0.3) is 0 Å². The number of carbonyl (C=O) groups excluding carboxylic acids is 2. The van der Waals surface area contributed by atoms with Crippen molar-refractivity contribution in [3.8, 4) is 0 Å². The number of amides is 1. The van der Waals surface area contributed by atoms with Gasteiger partial charge in [-0.05, 0) is 43.2 Å². The van der Waals surface area contributed by atoms with Gasteiger partial charge in [0.1, 0.15) is 0 Å². The minimum absolute atomic E-state index is 0.0874. The number of fused-ring (bicyclic) bond motifs is 2. The van der Waals surface area contributed by atoms with Crippen molar-refractivity contribution in [1.82, 2.24) is 0 Å². The van der Waals surface area contributed by atoms with Gasteiger partial charge in [0.2, 0.25) is 5.91 Å². The number of rotatable bonds is 5. The number of anilines is 1. The van der Waals surface area contributed by atoms with Gasteiger partial charge in [0, 0.05) is 11.1 Å². The molecule has 27 heavy (non-hydrogen) atoms. The Morgan fingerprint density at radius 3 is 2.19 bits per heavy atom. The molecule has 0 aromatic heterocycles. The zero-order valence-corrected chi connectivity index (χ0v) is 14.8. The molecule has 2 N–H and O–H groups in total. The summed E-state index contributed by atoms with van der Waals surface area (Å²) < 4.78 is 0. The minimum Gasteiger partial charge on any atom is -0.481 e. The topological polar surface area (TPSA) is 83.5 Å². The fraction of sp³-hybridized carbons (Fsp3) is 0.318. The highest BCUT2D eigenvalue weighted by atomic mass is 16.4. The van der Waals surface area contributed by atoms with Gasteiger partial charge in [-0.15, -0.1) is 0 Å². The van der Waals surface area contributed by atoms with Gasteiger partial charge in [-0.25, -0.2) is 0 Å². The third-order valence-electron chi connectivity index (χ3n) is 5.97. The molecule has 5 nitrogen and oxygen atoms in total. The quantitative estimate of drug-likeness (QED) is 0.795. The summed E-state index contributed by atoms with van der Waals surface area (Å²) in [6, 6.07) is 15.8. The van der Waals surface area contributed by atoms with Gasteiger partial charge in [0.25, 0.3) is 0 Å². The average Bonchev–Trinajstić information content (AvgIpc) is 3.30. The van der Waals surface area contributed by atoms with E-state index in [9.17, 15) is 19.5 Å². The molecule has 2 aromatic rings. The molecule has 0 heterocycles. The zero-order chi connectivity index (χ0) is 19.0. The number of carboxylic acids is 1. The Balaban J connectivity index is 1.59. The number of hydrogen-bond donors (Lipinski definition) is 2. The number of aliphatic carboxylic acids is 1. The van der Waals surface area contributed by atoms with Gasteiger partial charge in [-0.2, -0.15) is 0 Å². The van der Waals surface area contributed by atoms with Crippen LogP contribution in [-0.2, 0) is 9.59 Å². The van der Waals surface area contributed by atoms with Crippen LogP contribution in [0, 0.1) is 23.7 Å². The van der Waals surface area contributed by atoms with Gasteiger partial charge in [-0.1, -0.05) is 42.5 Å². The predicted octanol–water partition coefficient (Wildman–Crippen LogP) is 3.60. The molecule has 2 saturated carbocycles. The van der Waals surface area contributed by atoms with Crippen LogP contribution in [0.5, 0.6) is 0 Å². The van der Waals surface area contributed by atoms with Crippen molar-refractivity contribution >= 4 is 23.3 Å². The standard InChI is InChI=1S/C22H21NO4/c24-20(13-6-2-1-3-7-13)16-8-4-5-9-17(16)23-21(25)18-14-10-11-15(12-14)19(18)22(26)27/h1-9,14-15,18-19H,10-12H2,(H,23,25)(H,26,27)/t14-,15-,18+,19+/m0/s1. The van der Waals surface area contributed by atoms with Crippen molar-refractivity contribution in [3.05, 3.63) is 65.7 Å². The second-order valence-electron chi connectivity index (χ2n) is 7.45. The summed E-state index contributed by atoms with van der Waals surface area (Å²) in [6.45, 7) is 0. The molecule has 5 heteroatoms. The van der Waals surface area contributed by atoms with Crippen LogP contribution in [-0.4, -0.2) is 22.8 Å². The maximum absolute atomic E-state index is 12.9. The summed E-state index contributed by atoms with van der Waals surface area (Å²) >= 11 is 0. The summed E-state index contributed by atoms with van der Waals surface area (Å²) in [4.78, 5) is 37.5. The minimum atomic E-state index is -0.893. The molecule has 2 aromatic carbocycles. The Hall–Kier alpha value is -2.95. The van der Waals surface area contributed by atoms with Crippen LogP contribution in [0.1, 0.15) is 35.2 Å². The van der Waals surface area contributed by atoms with Crippen LogP contribution < -0.4 is 5.32 Å². The first-order valence-electron chi connectivity index (χ1n) is 9.28. The van der Waals surface area contributed by atoms with Gasteiger partial charge in [-0.3, -0.25) is 14.4 Å². The van der Waals surface area contributed by atoms with E-state index in [1.165, 1.54) is 0 Å². The third-order valence-corrected chi connectivity index (χ3v) is 5.97. The van der Waals surface area contributed by atoms with Crippen LogP contribution in [0.2, 0.25) is 0 Å². The molecule has 2 bridgehead atoms. The Morgan fingerprint density at radius 2 is 1.48 bits per heavy atom. The molecule has 2 fully saturated rings. The van der Waals surface area contributed by atoms with Gasteiger partial charge in [0.15, 0.2) is 5.78 Å². The molecule has 138 valence electrons. The Bertz CT molecular complexity index is 892. The van der Waals surface area contributed by atoms with Gasteiger partial charge >= 0.3 is 5.97 Å². The summed E-state index contributed by atoms with van der Waals surface area (Å²) in [6.07, 6.45) is 2.59. The summed E-state index contributed by atoms with van der Waals surface area (Å²) in [5.74, 6) is -2.30. The number of benzene rings is 2. The van der Waals surface area contributed by atoms with Crippen LogP contribution >= 0.6 is 0 Å². The molecule has 4 atom stereocenters. The fourth-order valence-corrected chi connectivity index (χ4v) is 4.78. The molecular weight excluding hydrogens is 342 g/mol. The maximum atomic E-state index is 12.9. The molecule has 0 spiro atoms. The molecule has 0 aliphatic heterocycles. The number of carbonyl (C=O) groups is 3. The van der Waals surface area contributed by atoms with Crippen molar-refractivity contribution in [3.63, 3.8) is 0 Å². The predicted molar refractivity (Wildman–Crippen MR) is 100 cm³/mol. The SMILES string of the molecule is O=C(c1ccccc1)c1ccccc1NC(=O)[C@@H]1[C@H]2CC[C@@H](C2)[C@H]1C(=O)O. The third kappa shape index (κ3) is 3.14. The lowest BCUT2D eigenvalue weighted by atomic mass is 9.78. The van der Waals surface area contributed by atoms with Crippen molar-refractivity contribution < 1.29 is 19.5 Å². The first-order valence-corrected chi connectivity index (χ1v) is 9.28. The summed E-state index contributed by atoms with van der Waals surface area (Å²) in [5, 5.41) is 12.4. The van der Waals surface area contributed by atoms with E-state index in [0.29, 0.717) is 16.8 Å². The first kappa shape index (κ1) is 17.5. The second-order valence-corrected chi connectivity index (χ2v) is 7.45. The van der Waals surface area contributed by atoms with E-state index in [-0.39, 0.29) is 23.5 Å². The number of ketones is 1. The monoisotopic (exact) mass is 363 g/mol. The second kappa shape index (κ2) is 6.99. The smallest absolute Gasteiger partial charge is 0.307 e. The fourth-order valence-electron chi connectivity index (χ4n) is 4.78. The van der Waals surface area contributed by atoms with E-state index in [1.54, 1.807) is 48.5 Å². The van der Waals surface area contributed by atoms with Crippen LogP contribution in [0.3, 0.4) is 0 Å². The van der Waals surface area contributed by atoms with Crippen molar-refractivity contribution in [1.29, 1.82) is 0 Å². The van der Waals surface area contributed by atoms with Crippen molar-refractivity contribution in [2.24, 2.45) is 23.7 Å². The average molecular weight is 363 g/mol. The molecule has 1 amide bonds. The molecule has 4 rings (SSSR count). The highest BCUT2D eigenvalue weighted by Gasteiger charge is 2.54. The van der Waals surface area contributed by atoms with Crippen LogP contribution in [0.4, 0.5) is 5.69 Å². The summed E-state index contributed by atoms with van der Waals surface area (Å²) in [5.41, 5.74) is 1.39. The first-order chi connectivity index (χ1) is 13.1. The van der Waals surface area contributed by atoms with E-state index < -0.39 is 17.8 Å². The van der Waals surface area contributed by atoms with E-state index in [1.807, 2.05) is 6.07 Å². The van der Waals surface area contributed by atoms with Crippen molar-refractivity contribution in [2.45, 2.75) is 19.3 Å². The lowest BCUT2D eigenvalue weighted by molar-refractivity contribution is -0.148. The molecule has 2 aliphatic rings. The molecular formula is C22H21NO4.